The van der Waals surface area contributed by atoms with E-state index < -0.39 is 6.10 Å². The fraction of sp³-hybridized carbons (Fsp3) is 0.333. The van der Waals surface area contributed by atoms with Crippen LogP contribution in [0.2, 0.25) is 0 Å². The van der Waals surface area contributed by atoms with Crippen LogP contribution in [0.15, 0.2) is 55.1 Å². The molecule has 1 aromatic carbocycles. The minimum atomic E-state index is -0.479. The van der Waals surface area contributed by atoms with Gasteiger partial charge in [0.25, 0.3) is 5.91 Å². The number of nitrogens with one attached hydrogen (secondary N) is 1. The molecule has 0 unspecified atom stereocenters. The number of hydrogen-bond acceptors (Lipinski definition) is 6. The molecule has 3 aromatic rings. The second kappa shape index (κ2) is 9.66. The summed E-state index contributed by atoms with van der Waals surface area (Å²) in [5.74, 6) is 1.05. The Balaban J connectivity index is 1.44. The maximum Gasteiger partial charge on any atom is 0.251 e. The molecule has 7 heteroatoms. The number of hydrogen-bond donors (Lipinski definition) is 2. The van der Waals surface area contributed by atoms with Crippen LogP contribution in [-0.4, -0.2) is 38.1 Å². The van der Waals surface area contributed by atoms with Crippen molar-refractivity contribution >= 4 is 5.91 Å². The van der Waals surface area contributed by atoms with E-state index in [-0.39, 0.29) is 11.9 Å². The van der Waals surface area contributed by atoms with Crippen LogP contribution < -0.4 is 10.1 Å². The van der Waals surface area contributed by atoms with Gasteiger partial charge in [0, 0.05) is 41.5 Å². The predicted octanol–water partition coefficient (Wildman–Crippen LogP) is 3.46. The molecule has 0 radical (unpaired) electrons. The van der Waals surface area contributed by atoms with Crippen LogP contribution >= 0.6 is 0 Å². The van der Waals surface area contributed by atoms with E-state index in [1.54, 1.807) is 43.0 Å². The molecule has 1 fully saturated rings. The van der Waals surface area contributed by atoms with E-state index in [2.05, 4.69) is 20.3 Å². The van der Waals surface area contributed by atoms with Crippen LogP contribution in [0.3, 0.4) is 0 Å². The molecule has 7 nitrogen and oxygen atoms in total. The first-order valence-corrected chi connectivity index (χ1v) is 10.5. The summed E-state index contributed by atoms with van der Waals surface area (Å²) >= 11 is 0. The second-order valence-electron chi connectivity index (χ2n) is 7.85. The van der Waals surface area contributed by atoms with Crippen LogP contribution in [0.5, 0.6) is 5.75 Å². The highest BCUT2D eigenvalue weighted by Gasteiger charge is 2.25. The number of aromatic nitrogens is 3. The Morgan fingerprint density at radius 3 is 2.77 bits per heavy atom. The van der Waals surface area contributed by atoms with E-state index in [1.165, 1.54) is 0 Å². The molecule has 0 spiro atoms. The standard InChI is InChI=1S/C24H26N4O3/c1-16-7-8-18(24(30)28-20-5-2-3-6-21(20)29)12-22(16)31-15-17-11-19(14-25-13-17)23-26-9-4-10-27-23/h4,7-14,20-21,29H,2-3,5-6,15H2,1H3,(H,28,30)/t20-,21-/m0/s1. The predicted molar refractivity (Wildman–Crippen MR) is 117 cm³/mol. The summed E-state index contributed by atoms with van der Waals surface area (Å²) in [6, 6.07) is 8.91. The van der Waals surface area contributed by atoms with Gasteiger partial charge in [-0.25, -0.2) is 9.97 Å². The van der Waals surface area contributed by atoms with Gasteiger partial charge in [0.1, 0.15) is 12.4 Å². The number of ether oxygens (including phenoxy) is 1. The SMILES string of the molecule is Cc1ccc(C(=O)N[C@H]2CCCC[C@@H]2O)cc1OCc1cncc(-c2ncccn2)c1. The van der Waals surface area contributed by atoms with Crippen molar-refractivity contribution in [3.05, 3.63) is 71.8 Å². The number of aryl methyl sites for hydroxylation is 1. The summed E-state index contributed by atoms with van der Waals surface area (Å²) in [4.78, 5) is 25.5. The summed E-state index contributed by atoms with van der Waals surface area (Å²) in [6.45, 7) is 2.25. The zero-order chi connectivity index (χ0) is 21.6. The Hall–Kier alpha value is -3.32. The van der Waals surface area contributed by atoms with E-state index in [0.29, 0.717) is 23.7 Å². The second-order valence-corrected chi connectivity index (χ2v) is 7.85. The quantitative estimate of drug-likeness (QED) is 0.636. The maximum absolute atomic E-state index is 12.7. The van der Waals surface area contributed by atoms with Crippen molar-refractivity contribution < 1.29 is 14.6 Å². The molecule has 2 N–H and O–H groups in total. The summed E-state index contributed by atoms with van der Waals surface area (Å²) in [5.41, 5.74) is 3.15. The van der Waals surface area contributed by atoms with Crippen molar-refractivity contribution in [1.82, 2.24) is 20.3 Å². The Morgan fingerprint density at radius 1 is 1.16 bits per heavy atom. The van der Waals surface area contributed by atoms with Gasteiger partial charge in [0.15, 0.2) is 5.82 Å². The van der Waals surface area contributed by atoms with E-state index in [0.717, 1.165) is 42.4 Å². The molecule has 0 saturated heterocycles. The molecule has 2 aromatic heterocycles. The highest BCUT2D eigenvalue weighted by Crippen LogP contribution is 2.23. The van der Waals surface area contributed by atoms with Crippen molar-refractivity contribution in [3.8, 4) is 17.1 Å². The van der Waals surface area contributed by atoms with Gasteiger partial charge in [-0.1, -0.05) is 18.9 Å². The number of nitrogens with zero attached hydrogens (tertiary/aromatic N) is 3. The number of rotatable bonds is 6. The molecule has 2 atom stereocenters. The number of pyridine rings is 1. The number of aliphatic hydroxyl groups excluding tert-OH is 1. The van der Waals surface area contributed by atoms with Crippen LogP contribution in [0, 0.1) is 6.92 Å². The Kier molecular flexibility index (Phi) is 6.52. The molecule has 4 rings (SSSR count). The lowest BCUT2D eigenvalue weighted by Crippen LogP contribution is -2.45. The van der Waals surface area contributed by atoms with Crippen molar-refractivity contribution in [1.29, 1.82) is 0 Å². The zero-order valence-corrected chi connectivity index (χ0v) is 17.5. The number of aliphatic hydroxyl groups is 1. The monoisotopic (exact) mass is 418 g/mol. The molecule has 31 heavy (non-hydrogen) atoms. The summed E-state index contributed by atoms with van der Waals surface area (Å²) in [7, 11) is 0. The summed E-state index contributed by atoms with van der Waals surface area (Å²) in [6.07, 6.45) is 9.92. The van der Waals surface area contributed by atoms with Crippen molar-refractivity contribution in [2.45, 2.75) is 51.4 Å². The number of benzene rings is 1. The maximum atomic E-state index is 12.7. The van der Waals surface area contributed by atoms with Crippen LogP contribution in [-0.2, 0) is 6.61 Å². The van der Waals surface area contributed by atoms with Gasteiger partial charge >= 0.3 is 0 Å². The lowest BCUT2D eigenvalue weighted by Gasteiger charge is -2.28. The van der Waals surface area contributed by atoms with Gasteiger partial charge in [0.2, 0.25) is 0 Å². The third kappa shape index (κ3) is 5.24. The average molecular weight is 418 g/mol. The van der Waals surface area contributed by atoms with Crippen molar-refractivity contribution in [3.63, 3.8) is 0 Å². The van der Waals surface area contributed by atoms with Gasteiger partial charge in [-0.2, -0.15) is 0 Å². The molecular formula is C24H26N4O3. The van der Waals surface area contributed by atoms with Gasteiger partial charge in [-0.15, -0.1) is 0 Å². The highest BCUT2D eigenvalue weighted by atomic mass is 16.5. The minimum absolute atomic E-state index is 0.194. The fourth-order valence-corrected chi connectivity index (χ4v) is 3.73. The van der Waals surface area contributed by atoms with Gasteiger partial charge in [0.05, 0.1) is 12.1 Å². The molecule has 1 saturated carbocycles. The van der Waals surface area contributed by atoms with Gasteiger partial charge in [-0.05, 0) is 49.6 Å². The minimum Gasteiger partial charge on any atom is -0.489 e. The van der Waals surface area contributed by atoms with Crippen LogP contribution in [0.4, 0.5) is 0 Å². The van der Waals surface area contributed by atoms with Gasteiger partial charge < -0.3 is 15.2 Å². The van der Waals surface area contributed by atoms with Crippen LogP contribution in [0.25, 0.3) is 11.4 Å². The molecule has 0 bridgehead atoms. The third-order valence-electron chi connectivity index (χ3n) is 5.51. The molecule has 0 aliphatic heterocycles. The first-order chi connectivity index (χ1) is 15.1. The first kappa shape index (κ1) is 20.9. The lowest BCUT2D eigenvalue weighted by molar-refractivity contribution is 0.0717. The summed E-state index contributed by atoms with van der Waals surface area (Å²) < 4.78 is 6.01. The smallest absolute Gasteiger partial charge is 0.251 e. The Morgan fingerprint density at radius 2 is 1.97 bits per heavy atom. The number of carbonyl (C=O) groups is 1. The molecular weight excluding hydrogens is 392 g/mol. The largest absolute Gasteiger partial charge is 0.489 e. The van der Waals surface area contributed by atoms with Crippen molar-refractivity contribution in [2.24, 2.45) is 0 Å². The zero-order valence-electron chi connectivity index (χ0n) is 17.5. The molecule has 2 heterocycles. The number of carbonyl (C=O) groups excluding carboxylic acids is 1. The topological polar surface area (TPSA) is 97.2 Å². The van der Waals surface area contributed by atoms with E-state index in [9.17, 15) is 9.90 Å². The fourth-order valence-electron chi connectivity index (χ4n) is 3.73. The third-order valence-corrected chi connectivity index (χ3v) is 5.51. The van der Waals surface area contributed by atoms with E-state index >= 15 is 0 Å². The molecule has 160 valence electrons. The Labute approximate surface area is 181 Å². The average Bonchev–Trinajstić information content (AvgIpc) is 2.81. The lowest BCUT2D eigenvalue weighted by atomic mass is 9.92. The first-order valence-electron chi connectivity index (χ1n) is 10.5. The highest BCUT2D eigenvalue weighted by molar-refractivity contribution is 5.95. The van der Waals surface area contributed by atoms with E-state index in [1.807, 2.05) is 19.1 Å². The van der Waals surface area contributed by atoms with Crippen molar-refractivity contribution in [2.75, 3.05) is 0 Å². The van der Waals surface area contributed by atoms with Gasteiger partial charge in [-0.3, -0.25) is 9.78 Å². The number of amides is 1. The summed E-state index contributed by atoms with van der Waals surface area (Å²) in [5, 5.41) is 13.1. The molecule has 1 aliphatic carbocycles. The van der Waals surface area contributed by atoms with E-state index in [4.69, 9.17) is 4.74 Å². The molecule has 1 aliphatic rings. The Bertz CT molecular complexity index is 1040. The molecule has 1 amide bonds. The van der Waals surface area contributed by atoms with Crippen LogP contribution in [0.1, 0.15) is 47.2 Å². The normalized spacial score (nSPS) is 18.4.